The minimum atomic E-state index is -0.286. The number of primary amides is 1. The molecule has 0 atom stereocenters. The number of nitrogens with zero attached hydrogens (tertiary/aromatic N) is 2. The Hall–Kier alpha value is -1.62. The minimum Gasteiger partial charge on any atom is -0.373 e. The van der Waals surface area contributed by atoms with E-state index in [4.69, 9.17) is 5.73 Å². The summed E-state index contributed by atoms with van der Waals surface area (Å²) in [6.07, 6.45) is 3.99. The van der Waals surface area contributed by atoms with E-state index in [9.17, 15) is 4.79 Å². The summed E-state index contributed by atoms with van der Waals surface area (Å²) in [6, 6.07) is 3.94. The van der Waals surface area contributed by atoms with Crippen LogP contribution in [0, 0.1) is 0 Å². The van der Waals surface area contributed by atoms with Crippen molar-refractivity contribution in [2.24, 2.45) is 5.73 Å². The molecule has 100 valence electrons. The van der Waals surface area contributed by atoms with Crippen molar-refractivity contribution in [3.63, 3.8) is 0 Å². The van der Waals surface area contributed by atoms with Crippen LogP contribution in [0.1, 0.15) is 25.3 Å². The van der Waals surface area contributed by atoms with Crippen molar-refractivity contribution in [3.8, 4) is 0 Å². The third-order valence-corrected chi connectivity index (χ3v) is 2.69. The Balaban J connectivity index is 2.59. The lowest BCUT2D eigenvalue weighted by atomic mass is 10.2. The predicted octanol–water partition coefficient (Wildman–Crippen LogP) is 1.21. The molecule has 0 aromatic carbocycles. The molecule has 5 heteroatoms. The van der Waals surface area contributed by atoms with Gasteiger partial charge in [-0.25, -0.2) is 4.98 Å². The molecule has 18 heavy (non-hydrogen) atoms. The first-order valence-electron chi connectivity index (χ1n) is 6.29. The monoisotopic (exact) mass is 250 g/mol. The molecule has 0 bridgehead atoms. The molecule has 1 rings (SSSR count). The first kappa shape index (κ1) is 14.4. The van der Waals surface area contributed by atoms with Gasteiger partial charge in [-0.1, -0.05) is 19.4 Å². The highest BCUT2D eigenvalue weighted by Gasteiger charge is 2.08. The van der Waals surface area contributed by atoms with Gasteiger partial charge in [0, 0.05) is 19.8 Å². The lowest BCUT2D eigenvalue weighted by Crippen LogP contribution is -2.34. The number of nitrogens with two attached hydrogens (primary N) is 1. The smallest absolute Gasteiger partial charge is 0.231 e. The molecule has 0 aliphatic heterocycles. The summed E-state index contributed by atoms with van der Waals surface area (Å²) in [5.41, 5.74) is 6.35. The molecule has 1 heterocycles. The van der Waals surface area contributed by atoms with Crippen molar-refractivity contribution in [1.82, 2.24) is 9.88 Å². The number of pyridine rings is 1. The van der Waals surface area contributed by atoms with Crippen molar-refractivity contribution < 1.29 is 4.79 Å². The molecule has 0 spiro atoms. The van der Waals surface area contributed by atoms with E-state index in [0.717, 1.165) is 30.8 Å². The first-order valence-corrected chi connectivity index (χ1v) is 6.29. The molecular weight excluding hydrogens is 228 g/mol. The summed E-state index contributed by atoms with van der Waals surface area (Å²) >= 11 is 0. The number of amides is 1. The lowest BCUT2D eigenvalue weighted by molar-refractivity contribution is -0.119. The molecule has 3 N–H and O–H groups in total. The SMILES string of the molecule is CCCCN(CC(N)=O)Cc1ccc(NC)nc1. The van der Waals surface area contributed by atoms with Crippen LogP contribution < -0.4 is 11.1 Å². The Morgan fingerprint density at radius 3 is 2.78 bits per heavy atom. The van der Waals surface area contributed by atoms with Crippen LogP contribution in [0.15, 0.2) is 18.3 Å². The topological polar surface area (TPSA) is 71.2 Å². The summed E-state index contributed by atoms with van der Waals surface area (Å²) in [6.45, 7) is 4.02. The largest absolute Gasteiger partial charge is 0.373 e. The molecule has 0 fully saturated rings. The summed E-state index contributed by atoms with van der Waals surface area (Å²) in [5.74, 6) is 0.555. The van der Waals surface area contributed by atoms with Crippen LogP contribution in [-0.4, -0.2) is 35.9 Å². The van der Waals surface area contributed by atoms with Gasteiger partial charge in [0.15, 0.2) is 0 Å². The predicted molar refractivity (Wildman–Crippen MR) is 73.2 cm³/mol. The van der Waals surface area contributed by atoms with E-state index >= 15 is 0 Å². The lowest BCUT2D eigenvalue weighted by Gasteiger charge is -2.20. The van der Waals surface area contributed by atoms with Crippen molar-refractivity contribution in [3.05, 3.63) is 23.9 Å². The van der Waals surface area contributed by atoms with Crippen molar-refractivity contribution in [2.75, 3.05) is 25.5 Å². The average Bonchev–Trinajstić information content (AvgIpc) is 2.36. The standard InChI is InChI=1S/C13H22N4O/c1-3-4-7-17(10-12(14)18)9-11-5-6-13(15-2)16-8-11/h5-6,8H,3-4,7,9-10H2,1-2H3,(H2,14,18)(H,15,16). The molecule has 1 aromatic rings. The van der Waals surface area contributed by atoms with Crippen molar-refractivity contribution >= 4 is 11.7 Å². The quantitative estimate of drug-likeness (QED) is 0.727. The molecule has 0 saturated heterocycles. The van der Waals surface area contributed by atoms with Gasteiger partial charge in [-0.15, -0.1) is 0 Å². The third-order valence-electron chi connectivity index (χ3n) is 2.69. The first-order chi connectivity index (χ1) is 8.65. The number of rotatable bonds is 8. The summed E-state index contributed by atoms with van der Waals surface area (Å²) in [4.78, 5) is 17.3. The number of unbranched alkanes of at least 4 members (excludes halogenated alkanes) is 1. The zero-order chi connectivity index (χ0) is 13.4. The van der Waals surface area contributed by atoms with Crippen LogP contribution in [0.25, 0.3) is 0 Å². The van der Waals surface area contributed by atoms with E-state index in [-0.39, 0.29) is 5.91 Å². The number of carbonyl (C=O) groups excluding carboxylic acids is 1. The van der Waals surface area contributed by atoms with Gasteiger partial charge >= 0.3 is 0 Å². The van der Waals surface area contributed by atoms with E-state index in [1.165, 1.54) is 0 Å². The van der Waals surface area contributed by atoms with Crippen LogP contribution in [0.4, 0.5) is 5.82 Å². The second-order valence-corrected chi connectivity index (χ2v) is 4.33. The highest BCUT2D eigenvalue weighted by atomic mass is 16.1. The molecular formula is C13H22N4O. The summed E-state index contributed by atoms with van der Waals surface area (Å²) in [7, 11) is 1.84. The second kappa shape index (κ2) is 7.66. The normalized spacial score (nSPS) is 10.6. The van der Waals surface area contributed by atoms with Gasteiger partial charge in [-0.05, 0) is 24.6 Å². The fourth-order valence-corrected chi connectivity index (χ4v) is 1.74. The highest BCUT2D eigenvalue weighted by molar-refractivity contribution is 5.75. The molecule has 5 nitrogen and oxygen atoms in total. The molecule has 0 radical (unpaired) electrons. The zero-order valence-electron chi connectivity index (χ0n) is 11.1. The van der Waals surface area contributed by atoms with Gasteiger partial charge in [0.2, 0.25) is 5.91 Å². The maximum atomic E-state index is 11.0. The number of carbonyl (C=O) groups is 1. The van der Waals surface area contributed by atoms with Gasteiger partial charge in [0.25, 0.3) is 0 Å². The van der Waals surface area contributed by atoms with Crippen LogP contribution in [0.5, 0.6) is 0 Å². The molecule has 1 aromatic heterocycles. The summed E-state index contributed by atoms with van der Waals surface area (Å²) in [5, 5.41) is 2.98. The number of anilines is 1. The van der Waals surface area contributed by atoms with Crippen LogP contribution >= 0.6 is 0 Å². The van der Waals surface area contributed by atoms with E-state index in [2.05, 4.69) is 22.1 Å². The number of hydrogen-bond donors (Lipinski definition) is 2. The van der Waals surface area contributed by atoms with E-state index in [1.807, 2.05) is 25.4 Å². The van der Waals surface area contributed by atoms with Gasteiger partial charge < -0.3 is 11.1 Å². The number of aromatic nitrogens is 1. The fourth-order valence-electron chi connectivity index (χ4n) is 1.74. The van der Waals surface area contributed by atoms with Gasteiger partial charge in [-0.3, -0.25) is 9.69 Å². The molecule has 0 aliphatic carbocycles. The van der Waals surface area contributed by atoms with Crippen LogP contribution in [0.3, 0.4) is 0 Å². The van der Waals surface area contributed by atoms with Crippen molar-refractivity contribution in [1.29, 1.82) is 0 Å². The highest BCUT2D eigenvalue weighted by Crippen LogP contribution is 2.08. The molecule has 1 amide bonds. The van der Waals surface area contributed by atoms with Crippen LogP contribution in [-0.2, 0) is 11.3 Å². The Kier molecular flexibility index (Phi) is 6.14. The second-order valence-electron chi connectivity index (χ2n) is 4.33. The molecule has 0 aliphatic rings. The van der Waals surface area contributed by atoms with Gasteiger partial charge in [0.05, 0.1) is 6.54 Å². The number of nitrogens with one attached hydrogen (secondary N) is 1. The van der Waals surface area contributed by atoms with E-state index < -0.39 is 0 Å². The summed E-state index contributed by atoms with van der Waals surface area (Å²) < 4.78 is 0. The molecule has 0 saturated carbocycles. The Bertz CT molecular complexity index is 364. The maximum absolute atomic E-state index is 11.0. The Labute approximate surface area is 108 Å². The van der Waals surface area contributed by atoms with Crippen LogP contribution in [0.2, 0.25) is 0 Å². The van der Waals surface area contributed by atoms with E-state index in [1.54, 1.807) is 0 Å². The molecule has 0 unspecified atom stereocenters. The third kappa shape index (κ3) is 5.14. The number of hydrogen-bond acceptors (Lipinski definition) is 4. The Morgan fingerprint density at radius 1 is 1.50 bits per heavy atom. The fraction of sp³-hybridized carbons (Fsp3) is 0.538. The maximum Gasteiger partial charge on any atom is 0.231 e. The van der Waals surface area contributed by atoms with Gasteiger partial charge in [0.1, 0.15) is 5.82 Å². The Morgan fingerprint density at radius 2 is 2.28 bits per heavy atom. The van der Waals surface area contributed by atoms with Gasteiger partial charge in [-0.2, -0.15) is 0 Å². The zero-order valence-corrected chi connectivity index (χ0v) is 11.1. The van der Waals surface area contributed by atoms with Crippen molar-refractivity contribution in [2.45, 2.75) is 26.3 Å². The average molecular weight is 250 g/mol. The van der Waals surface area contributed by atoms with E-state index in [0.29, 0.717) is 13.1 Å². The minimum absolute atomic E-state index is 0.286.